The molecule has 2 aliphatic rings. The number of carbonyl (C=O) groups excluding carboxylic acids is 2. The van der Waals surface area contributed by atoms with Gasteiger partial charge in [-0.15, -0.1) is 0 Å². The number of amides is 2. The number of hydrogen-bond acceptors (Lipinski definition) is 4. The molecule has 28 heavy (non-hydrogen) atoms. The molecular weight excluding hydrogens is 363 g/mol. The van der Waals surface area contributed by atoms with E-state index in [-0.39, 0.29) is 35.3 Å². The van der Waals surface area contributed by atoms with Crippen molar-refractivity contribution >= 4 is 11.8 Å². The second-order valence-corrected chi connectivity index (χ2v) is 7.62. The van der Waals surface area contributed by atoms with Gasteiger partial charge in [0.25, 0.3) is 11.8 Å². The fourth-order valence-corrected chi connectivity index (χ4v) is 4.26. The zero-order valence-corrected chi connectivity index (χ0v) is 15.7. The van der Waals surface area contributed by atoms with Crippen molar-refractivity contribution in [1.82, 2.24) is 20.4 Å². The third kappa shape index (κ3) is 3.28. The standard InChI is InChI=1S/C20H23FN4O3/c1-10(11-4-3-5-12(21)6-11)25-17(9-16(24-25)19(27)22-2)20(28)23-18-14-7-13(26)8-15(14)18/h3-6,9-10,13-15,18,26H,7-8H2,1-2H3,(H,22,27)(H,23,28)/t10-,13-,14-,15+,18+/m0/s1. The first-order valence-corrected chi connectivity index (χ1v) is 9.45. The minimum absolute atomic E-state index is 0.0483. The van der Waals surface area contributed by atoms with Crippen LogP contribution in [0.5, 0.6) is 0 Å². The molecule has 8 heteroatoms. The number of aliphatic hydroxyl groups excluding tert-OH is 1. The second-order valence-electron chi connectivity index (χ2n) is 7.62. The van der Waals surface area contributed by atoms with Crippen LogP contribution in [0.1, 0.15) is 52.3 Å². The van der Waals surface area contributed by atoms with E-state index in [9.17, 15) is 19.1 Å². The quantitative estimate of drug-likeness (QED) is 0.725. The SMILES string of the molecule is CNC(=O)c1cc(C(=O)N[C@H]2[C@@H]3C[C@@H](O)C[C@@H]32)n([C@@H](C)c2cccc(F)c2)n1. The minimum Gasteiger partial charge on any atom is -0.393 e. The van der Waals surface area contributed by atoms with E-state index in [1.807, 2.05) is 0 Å². The number of nitrogens with zero attached hydrogens (tertiary/aromatic N) is 2. The number of fused-ring (bicyclic) bond motifs is 1. The first-order chi connectivity index (χ1) is 13.4. The van der Waals surface area contributed by atoms with Gasteiger partial charge in [0.05, 0.1) is 12.1 Å². The molecule has 2 aromatic rings. The number of halogens is 1. The van der Waals surface area contributed by atoms with Crippen LogP contribution in [-0.2, 0) is 0 Å². The van der Waals surface area contributed by atoms with E-state index in [0.717, 1.165) is 0 Å². The van der Waals surface area contributed by atoms with Crippen molar-refractivity contribution in [1.29, 1.82) is 0 Å². The Bertz CT molecular complexity index is 916. The molecule has 7 nitrogen and oxygen atoms in total. The van der Waals surface area contributed by atoms with Crippen molar-refractivity contribution in [3.05, 3.63) is 53.1 Å². The highest BCUT2D eigenvalue weighted by atomic mass is 19.1. The van der Waals surface area contributed by atoms with Crippen LogP contribution in [0.25, 0.3) is 0 Å². The van der Waals surface area contributed by atoms with Crippen LogP contribution in [0.2, 0.25) is 0 Å². The van der Waals surface area contributed by atoms with E-state index in [0.29, 0.717) is 30.2 Å². The molecule has 4 rings (SSSR count). The van der Waals surface area contributed by atoms with Crippen molar-refractivity contribution in [3.8, 4) is 0 Å². The van der Waals surface area contributed by atoms with Gasteiger partial charge in [0.15, 0.2) is 5.69 Å². The molecule has 0 unspecified atom stereocenters. The molecule has 5 atom stereocenters. The topological polar surface area (TPSA) is 96.3 Å². The summed E-state index contributed by atoms with van der Waals surface area (Å²) in [5.41, 5.74) is 1.02. The Morgan fingerprint density at radius 1 is 1.25 bits per heavy atom. The lowest BCUT2D eigenvalue weighted by Gasteiger charge is -2.17. The van der Waals surface area contributed by atoms with Crippen molar-refractivity contribution < 1.29 is 19.1 Å². The van der Waals surface area contributed by atoms with E-state index in [4.69, 9.17) is 0 Å². The monoisotopic (exact) mass is 386 g/mol. The number of benzene rings is 1. The van der Waals surface area contributed by atoms with Crippen LogP contribution in [0.15, 0.2) is 30.3 Å². The fourth-order valence-electron chi connectivity index (χ4n) is 4.26. The van der Waals surface area contributed by atoms with E-state index < -0.39 is 11.9 Å². The average Bonchev–Trinajstić information content (AvgIpc) is 3.06. The van der Waals surface area contributed by atoms with Crippen LogP contribution in [-0.4, -0.2) is 45.9 Å². The lowest BCUT2D eigenvalue weighted by molar-refractivity contribution is 0.0923. The van der Waals surface area contributed by atoms with Gasteiger partial charge < -0.3 is 15.7 Å². The molecule has 2 aliphatic carbocycles. The molecule has 3 N–H and O–H groups in total. The van der Waals surface area contributed by atoms with Gasteiger partial charge >= 0.3 is 0 Å². The highest BCUT2D eigenvalue weighted by Crippen LogP contribution is 2.52. The first-order valence-electron chi connectivity index (χ1n) is 9.45. The zero-order chi connectivity index (χ0) is 20.0. The highest BCUT2D eigenvalue weighted by molar-refractivity contribution is 5.98. The summed E-state index contributed by atoms with van der Waals surface area (Å²) in [5, 5.41) is 19.5. The predicted octanol–water partition coefficient (Wildman–Crippen LogP) is 1.49. The maximum atomic E-state index is 13.6. The third-order valence-corrected chi connectivity index (χ3v) is 5.84. The molecular formula is C20H23FN4O3. The van der Waals surface area contributed by atoms with E-state index >= 15 is 0 Å². The van der Waals surface area contributed by atoms with Gasteiger partial charge in [-0.2, -0.15) is 5.10 Å². The lowest BCUT2D eigenvalue weighted by atomic mass is 10.1. The zero-order valence-electron chi connectivity index (χ0n) is 15.7. The van der Waals surface area contributed by atoms with Crippen LogP contribution >= 0.6 is 0 Å². The summed E-state index contributed by atoms with van der Waals surface area (Å²) in [6.45, 7) is 1.80. The summed E-state index contributed by atoms with van der Waals surface area (Å²) in [7, 11) is 1.49. The van der Waals surface area contributed by atoms with E-state index in [1.165, 1.54) is 29.9 Å². The van der Waals surface area contributed by atoms with Gasteiger partial charge in [0.2, 0.25) is 0 Å². The molecule has 148 valence electrons. The van der Waals surface area contributed by atoms with Crippen LogP contribution < -0.4 is 10.6 Å². The van der Waals surface area contributed by atoms with Gasteiger partial charge in [0, 0.05) is 19.2 Å². The summed E-state index contributed by atoms with van der Waals surface area (Å²) in [5.74, 6) is -0.465. The predicted molar refractivity (Wildman–Crippen MR) is 99.3 cm³/mol. The van der Waals surface area contributed by atoms with Gasteiger partial charge in [0.1, 0.15) is 11.5 Å². The number of nitrogens with one attached hydrogen (secondary N) is 2. The van der Waals surface area contributed by atoms with Crippen molar-refractivity contribution in [2.24, 2.45) is 11.8 Å². The molecule has 2 fully saturated rings. The smallest absolute Gasteiger partial charge is 0.271 e. The van der Waals surface area contributed by atoms with Crippen LogP contribution in [0.4, 0.5) is 4.39 Å². The molecule has 0 saturated heterocycles. The van der Waals surface area contributed by atoms with E-state index in [2.05, 4.69) is 15.7 Å². The number of aliphatic hydroxyl groups is 1. The Kier molecular flexibility index (Phi) is 4.66. The third-order valence-electron chi connectivity index (χ3n) is 5.84. The van der Waals surface area contributed by atoms with Gasteiger partial charge in [-0.05, 0) is 49.3 Å². The fraction of sp³-hybridized carbons (Fsp3) is 0.450. The number of hydrogen-bond donors (Lipinski definition) is 3. The Labute approximate surface area is 161 Å². The Morgan fingerprint density at radius 3 is 2.61 bits per heavy atom. The largest absolute Gasteiger partial charge is 0.393 e. The molecule has 1 aromatic carbocycles. The minimum atomic E-state index is -0.435. The number of carbonyl (C=O) groups is 2. The molecule has 0 bridgehead atoms. The molecule has 0 radical (unpaired) electrons. The Balaban J connectivity index is 1.61. The molecule has 1 heterocycles. The van der Waals surface area contributed by atoms with Crippen LogP contribution in [0.3, 0.4) is 0 Å². The number of aromatic nitrogens is 2. The van der Waals surface area contributed by atoms with Crippen molar-refractivity contribution in [2.75, 3.05) is 7.05 Å². The molecule has 0 aliphatic heterocycles. The summed E-state index contributed by atoms with van der Waals surface area (Å²) >= 11 is 0. The lowest BCUT2D eigenvalue weighted by Crippen LogP contribution is -2.32. The Hall–Kier alpha value is -2.74. The van der Waals surface area contributed by atoms with Crippen molar-refractivity contribution in [3.63, 3.8) is 0 Å². The summed E-state index contributed by atoms with van der Waals surface area (Å²) in [6.07, 6.45) is 1.14. The van der Waals surface area contributed by atoms with Gasteiger partial charge in [-0.3, -0.25) is 14.3 Å². The van der Waals surface area contributed by atoms with Gasteiger partial charge in [-0.1, -0.05) is 12.1 Å². The normalized spacial score (nSPS) is 26.4. The average molecular weight is 386 g/mol. The maximum Gasteiger partial charge on any atom is 0.271 e. The molecule has 2 saturated carbocycles. The maximum absolute atomic E-state index is 13.6. The Morgan fingerprint density at radius 2 is 1.96 bits per heavy atom. The van der Waals surface area contributed by atoms with Crippen molar-refractivity contribution in [2.45, 2.75) is 38.0 Å². The molecule has 1 aromatic heterocycles. The molecule has 2 amide bonds. The van der Waals surface area contributed by atoms with Crippen LogP contribution in [0, 0.1) is 17.7 Å². The summed E-state index contributed by atoms with van der Waals surface area (Å²) < 4.78 is 15.1. The highest BCUT2D eigenvalue weighted by Gasteiger charge is 2.56. The van der Waals surface area contributed by atoms with Gasteiger partial charge in [-0.25, -0.2) is 4.39 Å². The second kappa shape index (κ2) is 7.01. The molecule has 0 spiro atoms. The summed E-state index contributed by atoms with van der Waals surface area (Å²) in [6, 6.07) is 7.16. The first kappa shape index (κ1) is 18.6. The summed E-state index contributed by atoms with van der Waals surface area (Å²) in [4.78, 5) is 25.0. The van der Waals surface area contributed by atoms with E-state index in [1.54, 1.807) is 19.1 Å². The number of rotatable bonds is 5.